The third kappa shape index (κ3) is 3.29. The van der Waals surface area contributed by atoms with Crippen molar-refractivity contribution in [2.24, 2.45) is 16.3 Å². The van der Waals surface area contributed by atoms with Gasteiger partial charge in [-0.1, -0.05) is 12.1 Å². The van der Waals surface area contributed by atoms with Crippen molar-refractivity contribution in [3.8, 4) is 0 Å². The molecule has 21 heavy (non-hydrogen) atoms. The van der Waals surface area contributed by atoms with Gasteiger partial charge < -0.3 is 21.0 Å². The van der Waals surface area contributed by atoms with E-state index in [0.717, 1.165) is 19.5 Å². The van der Waals surface area contributed by atoms with Crippen LogP contribution in [0.4, 0.5) is 0 Å². The molecule has 120 valence electrons. The van der Waals surface area contributed by atoms with Gasteiger partial charge in [0.2, 0.25) is 5.91 Å². The Morgan fingerprint density at radius 1 is 1.52 bits per heavy atom. The Hall–Kier alpha value is -1.34. The number of hydrogen-bond acceptors (Lipinski definition) is 5. The molecular weight excluding hydrogens is 272 g/mol. The molecule has 2 heterocycles. The predicted molar refractivity (Wildman–Crippen MR) is 79.2 cm³/mol. The largest absolute Gasteiger partial charge is 0.409 e. The van der Waals surface area contributed by atoms with Crippen LogP contribution >= 0.6 is 0 Å². The van der Waals surface area contributed by atoms with Crippen LogP contribution in [0.3, 0.4) is 0 Å². The average Bonchev–Trinajstić information content (AvgIpc) is 2.99. The molecule has 1 atom stereocenters. The molecule has 7 heteroatoms. The van der Waals surface area contributed by atoms with Gasteiger partial charge in [0.25, 0.3) is 0 Å². The van der Waals surface area contributed by atoms with Crippen molar-refractivity contribution >= 4 is 11.7 Å². The first kappa shape index (κ1) is 16.0. The van der Waals surface area contributed by atoms with Gasteiger partial charge in [0.1, 0.15) is 5.41 Å². The third-order valence-corrected chi connectivity index (χ3v) is 4.78. The number of ether oxygens (including phenoxy) is 1. The number of likely N-dealkylation sites (tertiary alicyclic amines) is 1. The Morgan fingerprint density at radius 2 is 2.24 bits per heavy atom. The average molecular weight is 298 g/mol. The van der Waals surface area contributed by atoms with Crippen molar-refractivity contribution in [3.05, 3.63) is 0 Å². The molecule has 0 bridgehead atoms. The number of hydrogen-bond donors (Lipinski definition) is 3. The molecule has 0 aliphatic carbocycles. The number of nitrogens with one attached hydrogen (secondary N) is 1. The minimum absolute atomic E-state index is 0.0120. The highest BCUT2D eigenvalue weighted by molar-refractivity contribution is 6.06. The Morgan fingerprint density at radius 3 is 2.86 bits per heavy atom. The van der Waals surface area contributed by atoms with Crippen LogP contribution in [0.2, 0.25) is 0 Å². The van der Waals surface area contributed by atoms with E-state index in [1.807, 2.05) is 0 Å². The van der Waals surface area contributed by atoms with Crippen molar-refractivity contribution in [1.29, 1.82) is 0 Å². The van der Waals surface area contributed by atoms with Gasteiger partial charge in [-0.25, -0.2) is 0 Å². The predicted octanol–water partition coefficient (Wildman–Crippen LogP) is 0.130. The molecule has 2 aliphatic rings. The number of nitrogens with two attached hydrogens (primary N) is 1. The van der Waals surface area contributed by atoms with E-state index in [9.17, 15) is 4.79 Å². The lowest BCUT2D eigenvalue weighted by Crippen LogP contribution is -2.54. The normalized spacial score (nSPS) is 26.7. The summed E-state index contributed by atoms with van der Waals surface area (Å²) >= 11 is 0. The number of oxime groups is 1. The zero-order valence-electron chi connectivity index (χ0n) is 12.7. The van der Waals surface area contributed by atoms with Crippen molar-refractivity contribution in [1.82, 2.24) is 10.2 Å². The Balaban J connectivity index is 1.99. The number of carbonyl (C=O) groups is 1. The van der Waals surface area contributed by atoms with Crippen LogP contribution in [0.5, 0.6) is 0 Å². The summed E-state index contributed by atoms with van der Waals surface area (Å²) in [7, 11) is 0. The molecule has 7 nitrogen and oxygen atoms in total. The smallest absolute Gasteiger partial charge is 0.234 e. The standard InChI is InChI=1S/C14H26N4O3/c1-2-18-7-3-4-11(18)10-16-13(19)14(12(15)17-20)5-8-21-9-6-14/h11,20H,2-10H2,1H3,(H2,15,17)(H,16,19). The van der Waals surface area contributed by atoms with Gasteiger partial charge in [0, 0.05) is 25.8 Å². The van der Waals surface area contributed by atoms with Gasteiger partial charge in [-0.2, -0.15) is 0 Å². The molecule has 0 aromatic carbocycles. The lowest BCUT2D eigenvalue weighted by Gasteiger charge is -2.35. The number of amides is 1. The first-order valence-corrected chi connectivity index (χ1v) is 7.72. The quantitative estimate of drug-likeness (QED) is 0.290. The van der Waals surface area contributed by atoms with Crippen LogP contribution in [0, 0.1) is 5.41 Å². The lowest BCUT2D eigenvalue weighted by molar-refractivity contribution is -0.131. The monoisotopic (exact) mass is 298 g/mol. The highest BCUT2D eigenvalue weighted by atomic mass is 16.5. The molecule has 0 radical (unpaired) electrons. The van der Waals surface area contributed by atoms with E-state index in [-0.39, 0.29) is 11.7 Å². The summed E-state index contributed by atoms with van der Waals surface area (Å²) in [6.45, 7) is 5.75. The summed E-state index contributed by atoms with van der Waals surface area (Å²) in [5, 5.41) is 15.1. The fourth-order valence-electron chi connectivity index (χ4n) is 3.34. The number of rotatable bonds is 5. The molecule has 4 N–H and O–H groups in total. The van der Waals surface area contributed by atoms with Gasteiger partial charge in [-0.05, 0) is 38.8 Å². The van der Waals surface area contributed by atoms with Gasteiger partial charge in [-0.3, -0.25) is 9.69 Å². The molecule has 2 fully saturated rings. The molecule has 0 saturated carbocycles. The number of nitrogens with zero attached hydrogens (tertiary/aromatic N) is 2. The van der Waals surface area contributed by atoms with Crippen molar-refractivity contribution in [2.75, 3.05) is 32.8 Å². The summed E-state index contributed by atoms with van der Waals surface area (Å²) in [5.41, 5.74) is 4.87. The van der Waals surface area contributed by atoms with Crippen molar-refractivity contribution in [3.63, 3.8) is 0 Å². The third-order valence-electron chi connectivity index (χ3n) is 4.78. The first-order chi connectivity index (χ1) is 10.1. The van der Waals surface area contributed by atoms with E-state index in [4.69, 9.17) is 15.7 Å². The van der Waals surface area contributed by atoms with Crippen molar-refractivity contribution in [2.45, 2.75) is 38.6 Å². The topological polar surface area (TPSA) is 100 Å². The number of amidine groups is 1. The zero-order valence-corrected chi connectivity index (χ0v) is 12.7. The van der Waals surface area contributed by atoms with E-state index < -0.39 is 5.41 Å². The van der Waals surface area contributed by atoms with E-state index in [1.165, 1.54) is 6.42 Å². The molecule has 1 amide bonds. The van der Waals surface area contributed by atoms with Gasteiger partial charge >= 0.3 is 0 Å². The number of likely N-dealkylation sites (N-methyl/N-ethyl adjacent to an activating group) is 1. The van der Waals surface area contributed by atoms with Crippen LogP contribution < -0.4 is 11.1 Å². The summed E-state index contributed by atoms with van der Waals surface area (Å²) in [6, 6.07) is 0.392. The lowest BCUT2D eigenvalue weighted by atomic mass is 9.78. The van der Waals surface area contributed by atoms with Crippen LogP contribution in [0.1, 0.15) is 32.6 Å². The molecule has 0 aromatic rings. The molecule has 2 saturated heterocycles. The van der Waals surface area contributed by atoms with Gasteiger partial charge in [-0.15, -0.1) is 0 Å². The second kappa shape index (κ2) is 7.09. The SMILES string of the molecule is CCN1CCCC1CNC(=O)C1(C(N)=NO)CCOCC1. The molecule has 2 aliphatic heterocycles. The molecule has 0 spiro atoms. The second-order valence-electron chi connectivity index (χ2n) is 5.81. The highest BCUT2D eigenvalue weighted by Gasteiger charge is 2.44. The maximum atomic E-state index is 12.6. The van der Waals surface area contributed by atoms with E-state index in [1.54, 1.807) is 0 Å². The molecule has 1 unspecified atom stereocenters. The summed E-state index contributed by atoms with van der Waals surface area (Å²) in [4.78, 5) is 15.0. The minimum atomic E-state index is -0.928. The van der Waals surface area contributed by atoms with Crippen LogP contribution in [0.25, 0.3) is 0 Å². The zero-order chi connectivity index (χ0) is 15.3. The first-order valence-electron chi connectivity index (χ1n) is 7.72. The van der Waals surface area contributed by atoms with E-state index in [0.29, 0.717) is 38.6 Å². The Bertz CT molecular complexity index is 394. The summed E-state index contributed by atoms with van der Waals surface area (Å²) in [6.07, 6.45) is 3.19. The molecular formula is C14H26N4O3. The van der Waals surface area contributed by atoms with Crippen LogP contribution in [0.15, 0.2) is 5.16 Å². The maximum absolute atomic E-state index is 12.6. The van der Waals surface area contributed by atoms with Crippen LogP contribution in [-0.2, 0) is 9.53 Å². The Labute approximate surface area is 125 Å². The number of carbonyl (C=O) groups excluding carboxylic acids is 1. The molecule has 0 aromatic heterocycles. The highest BCUT2D eigenvalue weighted by Crippen LogP contribution is 2.31. The van der Waals surface area contributed by atoms with E-state index in [2.05, 4.69) is 22.3 Å². The van der Waals surface area contributed by atoms with Gasteiger partial charge in [0.05, 0.1) is 0 Å². The van der Waals surface area contributed by atoms with Crippen molar-refractivity contribution < 1.29 is 14.7 Å². The summed E-state index contributed by atoms with van der Waals surface area (Å²) < 4.78 is 5.30. The fourth-order valence-corrected chi connectivity index (χ4v) is 3.34. The maximum Gasteiger partial charge on any atom is 0.234 e. The second-order valence-corrected chi connectivity index (χ2v) is 5.81. The summed E-state index contributed by atoms with van der Waals surface area (Å²) in [5.74, 6) is -0.161. The Kier molecular flexibility index (Phi) is 5.41. The van der Waals surface area contributed by atoms with E-state index >= 15 is 0 Å². The van der Waals surface area contributed by atoms with Crippen LogP contribution in [-0.4, -0.2) is 60.7 Å². The minimum Gasteiger partial charge on any atom is -0.409 e. The fraction of sp³-hybridized carbons (Fsp3) is 0.857. The molecule has 2 rings (SSSR count). The van der Waals surface area contributed by atoms with Gasteiger partial charge in [0.15, 0.2) is 5.84 Å².